The van der Waals surface area contributed by atoms with Crippen molar-refractivity contribution >= 4 is 23.4 Å². The molecule has 3 amide bonds. The second-order valence-corrected chi connectivity index (χ2v) is 6.12. The summed E-state index contributed by atoms with van der Waals surface area (Å²) < 4.78 is 0. The minimum Gasteiger partial charge on any atom is -0.355 e. The molecule has 0 bridgehead atoms. The van der Waals surface area contributed by atoms with E-state index >= 15 is 0 Å². The van der Waals surface area contributed by atoms with E-state index in [0.29, 0.717) is 23.7 Å². The van der Waals surface area contributed by atoms with E-state index in [9.17, 15) is 14.4 Å². The molecule has 0 aliphatic heterocycles. The standard InChI is InChI=1S/C19H29N3O3/c1-4-6-8-14(7-5-2)13-21-18(24)19(25)22-16-11-9-15(10-12-16)17(23)20-3/h9-12,14H,4-8,13H2,1-3H3,(H,20,23)(H,21,24)(H,22,25). The van der Waals surface area contributed by atoms with Gasteiger partial charge in [0, 0.05) is 24.8 Å². The van der Waals surface area contributed by atoms with E-state index in [1.165, 1.54) is 0 Å². The van der Waals surface area contributed by atoms with Crippen molar-refractivity contribution in [2.45, 2.75) is 46.0 Å². The molecule has 1 aromatic rings. The molecular formula is C19H29N3O3. The number of carbonyl (C=O) groups is 3. The Balaban J connectivity index is 2.50. The number of nitrogens with one attached hydrogen (secondary N) is 3. The van der Waals surface area contributed by atoms with Crippen LogP contribution in [0.25, 0.3) is 0 Å². The van der Waals surface area contributed by atoms with Crippen molar-refractivity contribution in [3.8, 4) is 0 Å². The highest BCUT2D eigenvalue weighted by Gasteiger charge is 2.16. The molecule has 0 radical (unpaired) electrons. The minimum absolute atomic E-state index is 0.204. The van der Waals surface area contributed by atoms with Crippen molar-refractivity contribution in [2.75, 3.05) is 18.9 Å². The van der Waals surface area contributed by atoms with Gasteiger partial charge in [0.2, 0.25) is 0 Å². The number of rotatable bonds is 9. The average molecular weight is 347 g/mol. The highest BCUT2D eigenvalue weighted by molar-refractivity contribution is 6.39. The van der Waals surface area contributed by atoms with E-state index < -0.39 is 11.8 Å². The van der Waals surface area contributed by atoms with Crippen molar-refractivity contribution in [1.82, 2.24) is 10.6 Å². The quantitative estimate of drug-likeness (QED) is 0.600. The number of anilines is 1. The zero-order valence-corrected chi connectivity index (χ0v) is 15.4. The summed E-state index contributed by atoms with van der Waals surface area (Å²) in [6, 6.07) is 6.37. The molecule has 6 nitrogen and oxygen atoms in total. The summed E-state index contributed by atoms with van der Waals surface area (Å²) >= 11 is 0. The molecule has 1 unspecified atom stereocenters. The van der Waals surface area contributed by atoms with Gasteiger partial charge in [0.05, 0.1) is 0 Å². The van der Waals surface area contributed by atoms with Gasteiger partial charge in [-0.15, -0.1) is 0 Å². The van der Waals surface area contributed by atoms with Crippen LogP contribution in [0.2, 0.25) is 0 Å². The molecule has 0 aliphatic rings. The molecule has 0 aliphatic carbocycles. The lowest BCUT2D eigenvalue weighted by molar-refractivity contribution is -0.136. The Morgan fingerprint density at radius 2 is 1.64 bits per heavy atom. The fraction of sp³-hybridized carbons (Fsp3) is 0.526. The summed E-state index contributed by atoms with van der Waals surface area (Å²) in [5, 5.41) is 7.78. The summed E-state index contributed by atoms with van der Waals surface area (Å²) in [7, 11) is 1.55. The van der Waals surface area contributed by atoms with Crippen molar-refractivity contribution in [3.63, 3.8) is 0 Å². The SMILES string of the molecule is CCCCC(CCC)CNC(=O)C(=O)Nc1ccc(C(=O)NC)cc1. The van der Waals surface area contributed by atoms with Crippen LogP contribution in [0.5, 0.6) is 0 Å². The van der Waals surface area contributed by atoms with E-state index in [2.05, 4.69) is 29.8 Å². The lowest BCUT2D eigenvalue weighted by Crippen LogP contribution is -2.38. The third-order valence-corrected chi connectivity index (χ3v) is 4.05. The highest BCUT2D eigenvalue weighted by atomic mass is 16.2. The number of unbranched alkanes of at least 4 members (excludes halogenated alkanes) is 1. The van der Waals surface area contributed by atoms with Crippen molar-refractivity contribution in [3.05, 3.63) is 29.8 Å². The van der Waals surface area contributed by atoms with Crippen molar-refractivity contribution in [2.24, 2.45) is 5.92 Å². The first kappa shape index (κ1) is 20.7. The third-order valence-electron chi connectivity index (χ3n) is 4.05. The van der Waals surface area contributed by atoms with Gasteiger partial charge in [-0.2, -0.15) is 0 Å². The molecule has 6 heteroatoms. The molecule has 0 aromatic heterocycles. The maximum Gasteiger partial charge on any atom is 0.313 e. The Morgan fingerprint density at radius 3 is 2.20 bits per heavy atom. The minimum atomic E-state index is -0.696. The van der Waals surface area contributed by atoms with Gasteiger partial charge in [-0.1, -0.05) is 33.1 Å². The van der Waals surface area contributed by atoms with Crippen LogP contribution in [0.4, 0.5) is 5.69 Å². The Morgan fingerprint density at radius 1 is 0.960 bits per heavy atom. The number of amides is 3. The topological polar surface area (TPSA) is 87.3 Å². The van der Waals surface area contributed by atoms with Crippen LogP contribution in [0, 0.1) is 5.92 Å². The predicted octanol–water partition coefficient (Wildman–Crippen LogP) is 2.71. The zero-order chi connectivity index (χ0) is 18.7. The Labute approximate surface area is 149 Å². The van der Waals surface area contributed by atoms with E-state index in [0.717, 1.165) is 32.1 Å². The van der Waals surface area contributed by atoms with Gasteiger partial charge in [0.15, 0.2) is 0 Å². The first-order valence-corrected chi connectivity index (χ1v) is 8.93. The van der Waals surface area contributed by atoms with Gasteiger partial charge in [-0.3, -0.25) is 14.4 Å². The van der Waals surface area contributed by atoms with Crippen LogP contribution >= 0.6 is 0 Å². The Hall–Kier alpha value is -2.37. The maximum absolute atomic E-state index is 12.0. The summed E-state index contributed by atoms with van der Waals surface area (Å²) in [6.07, 6.45) is 5.43. The summed E-state index contributed by atoms with van der Waals surface area (Å²) in [6.45, 7) is 4.79. The third kappa shape index (κ3) is 7.37. The largest absolute Gasteiger partial charge is 0.355 e. The molecule has 0 saturated carbocycles. The lowest BCUT2D eigenvalue weighted by atomic mass is 9.97. The van der Waals surface area contributed by atoms with Crippen LogP contribution in [-0.4, -0.2) is 31.3 Å². The van der Waals surface area contributed by atoms with Gasteiger partial charge in [0.1, 0.15) is 0 Å². The number of carbonyl (C=O) groups excluding carboxylic acids is 3. The van der Waals surface area contributed by atoms with E-state index in [-0.39, 0.29) is 5.91 Å². The second-order valence-electron chi connectivity index (χ2n) is 6.12. The monoisotopic (exact) mass is 347 g/mol. The average Bonchev–Trinajstić information content (AvgIpc) is 2.63. The summed E-state index contributed by atoms with van der Waals surface area (Å²) in [4.78, 5) is 35.4. The van der Waals surface area contributed by atoms with E-state index in [4.69, 9.17) is 0 Å². The van der Waals surface area contributed by atoms with Crippen LogP contribution in [0.15, 0.2) is 24.3 Å². The number of hydrogen-bond acceptors (Lipinski definition) is 3. The molecule has 0 spiro atoms. The van der Waals surface area contributed by atoms with Gasteiger partial charge < -0.3 is 16.0 Å². The lowest BCUT2D eigenvalue weighted by Gasteiger charge is -2.16. The van der Waals surface area contributed by atoms with Crippen LogP contribution in [0.1, 0.15) is 56.3 Å². The van der Waals surface area contributed by atoms with Crippen LogP contribution in [-0.2, 0) is 9.59 Å². The smallest absolute Gasteiger partial charge is 0.313 e. The first-order chi connectivity index (χ1) is 12.0. The molecule has 3 N–H and O–H groups in total. The molecule has 0 saturated heterocycles. The zero-order valence-electron chi connectivity index (χ0n) is 15.4. The normalized spacial score (nSPS) is 11.5. The Bertz CT molecular complexity index is 570. The molecule has 1 aromatic carbocycles. The fourth-order valence-electron chi connectivity index (χ4n) is 2.60. The van der Waals surface area contributed by atoms with Crippen molar-refractivity contribution in [1.29, 1.82) is 0 Å². The Kier molecular flexibility index (Phi) is 9.29. The molecular weight excluding hydrogens is 318 g/mol. The van der Waals surface area contributed by atoms with Gasteiger partial charge in [-0.05, 0) is 43.0 Å². The second kappa shape index (κ2) is 11.2. The molecule has 25 heavy (non-hydrogen) atoms. The molecule has 138 valence electrons. The number of hydrogen-bond donors (Lipinski definition) is 3. The summed E-state index contributed by atoms with van der Waals surface area (Å²) in [5.41, 5.74) is 0.965. The van der Waals surface area contributed by atoms with Gasteiger partial charge in [0.25, 0.3) is 5.91 Å². The van der Waals surface area contributed by atoms with Crippen LogP contribution in [0.3, 0.4) is 0 Å². The van der Waals surface area contributed by atoms with Crippen molar-refractivity contribution < 1.29 is 14.4 Å². The molecule has 1 rings (SSSR count). The molecule has 0 fully saturated rings. The maximum atomic E-state index is 12.0. The molecule has 1 atom stereocenters. The fourth-order valence-corrected chi connectivity index (χ4v) is 2.60. The first-order valence-electron chi connectivity index (χ1n) is 8.93. The highest BCUT2D eigenvalue weighted by Crippen LogP contribution is 2.14. The molecule has 0 heterocycles. The number of benzene rings is 1. The van der Waals surface area contributed by atoms with Gasteiger partial charge in [-0.25, -0.2) is 0 Å². The van der Waals surface area contributed by atoms with Crippen LogP contribution < -0.4 is 16.0 Å². The predicted molar refractivity (Wildman–Crippen MR) is 99.4 cm³/mol. The van der Waals surface area contributed by atoms with E-state index in [1.54, 1.807) is 31.3 Å². The van der Waals surface area contributed by atoms with E-state index in [1.807, 2.05) is 0 Å². The van der Waals surface area contributed by atoms with Gasteiger partial charge >= 0.3 is 11.8 Å². The summed E-state index contributed by atoms with van der Waals surface area (Å²) in [5.74, 6) is -1.12.